The normalized spacial score (nSPS) is 13.1. The average molecular weight is 494 g/mol. The Morgan fingerprint density at radius 1 is 1.03 bits per heavy atom. The highest BCUT2D eigenvalue weighted by atomic mass is 16.5. The van der Waals surface area contributed by atoms with Crippen LogP contribution in [0.2, 0.25) is 0 Å². The van der Waals surface area contributed by atoms with Crippen LogP contribution in [0, 0.1) is 17.2 Å². The number of nitrogens with one attached hydrogen (secondary N) is 2. The van der Waals surface area contributed by atoms with Crippen molar-refractivity contribution in [2.75, 3.05) is 10.6 Å². The molecule has 1 aromatic heterocycles. The Hall–Kier alpha value is -4.64. The van der Waals surface area contributed by atoms with E-state index >= 15 is 0 Å². The average Bonchev–Trinajstić information content (AvgIpc) is 3.70. The van der Waals surface area contributed by atoms with Gasteiger partial charge in [0.15, 0.2) is 0 Å². The number of aryl methyl sites for hydroxylation is 1. The van der Waals surface area contributed by atoms with Gasteiger partial charge in [-0.1, -0.05) is 18.2 Å². The fraction of sp³-hybridized carbons (Fsp3) is 0.241. The summed E-state index contributed by atoms with van der Waals surface area (Å²) >= 11 is 0. The molecular formula is C29H27N5O3. The molecule has 1 aliphatic carbocycles. The molecule has 0 bridgehead atoms. The number of carbonyl (C=O) groups is 2. The van der Waals surface area contributed by atoms with Crippen LogP contribution in [0.3, 0.4) is 0 Å². The standard InChI is InChI=1S/C29H27N5O3/c1-29(2,17-30)20-7-4-6-19(14-20)27(36)31-21-8-5-9-22(15-21)37-23-12-13-24-25(16-23)34(3)28(32-24)33-26(35)18-10-11-18/h4-9,12-16,18H,10-11H2,1-3H3,(H,31,36)(H,32,33,35). The van der Waals surface area contributed by atoms with Gasteiger partial charge in [0.25, 0.3) is 5.91 Å². The second-order valence-electron chi connectivity index (χ2n) is 9.81. The van der Waals surface area contributed by atoms with Crippen molar-refractivity contribution in [2.24, 2.45) is 13.0 Å². The molecule has 0 radical (unpaired) electrons. The Kier molecular flexibility index (Phi) is 6.14. The van der Waals surface area contributed by atoms with Crippen molar-refractivity contribution in [3.8, 4) is 17.6 Å². The van der Waals surface area contributed by atoms with Crippen LogP contribution in [0.4, 0.5) is 11.6 Å². The number of ether oxygens (including phenoxy) is 1. The van der Waals surface area contributed by atoms with Crippen LogP contribution in [0.1, 0.15) is 42.6 Å². The van der Waals surface area contributed by atoms with Gasteiger partial charge in [-0.25, -0.2) is 4.98 Å². The lowest BCUT2D eigenvalue weighted by Gasteiger charge is -2.16. The molecule has 8 heteroatoms. The molecule has 1 saturated carbocycles. The molecule has 3 aromatic carbocycles. The van der Waals surface area contributed by atoms with Crippen molar-refractivity contribution in [2.45, 2.75) is 32.1 Å². The van der Waals surface area contributed by atoms with Gasteiger partial charge in [-0.05, 0) is 68.7 Å². The smallest absolute Gasteiger partial charge is 0.255 e. The quantitative estimate of drug-likeness (QED) is 0.340. The van der Waals surface area contributed by atoms with Crippen molar-refractivity contribution >= 4 is 34.5 Å². The third kappa shape index (κ3) is 5.16. The third-order valence-corrected chi connectivity index (χ3v) is 6.49. The van der Waals surface area contributed by atoms with E-state index < -0.39 is 5.41 Å². The summed E-state index contributed by atoms with van der Waals surface area (Å²) in [5.74, 6) is 1.50. The largest absolute Gasteiger partial charge is 0.457 e. The first kappa shape index (κ1) is 24.1. The second-order valence-corrected chi connectivity index (χ2v) is 9.81. The Morgan fingerprint density at radius 3 is 2.54 bits per heavy atom. The summed E-state index contributed by atoms with van der Waals surface area (Å²) in [6.07, 6.45) is 1.86. The number of imidazole rings is 1. The summed E-state index contributed by atoms with van der Waals surface area (Å²) in [5, 5.41) is 15.2. The molecule has 2 amide bonds. The van der Waals surface area contributed by atoms with E-state index in [1.807, 2.05) is 49.7 Å². The van der Waals surface area contributed by atoms with Crippen LogP contribution in [0.15, 0.2) is 66.7 Å². The summed E-state index contributed by atoms with van der Waals surface area (Å²) in [6.45, 7) is 3.64. The van der Waals surface area contributed by atoms with Gasteiger partial charge in [0.05, 0.1) is 22.5 Å². The van der Waals surface area contributed by atoms with E-state index in [9.17, 15) is 14.9 Å². The highest BCUT2D eigenvalue weighted by molar-refractivity contribution is 6.04. The Morgan fingerprint density at radius 2 is 1.78 bits per heavy atom. The molecule has 0 spiro atoms. The van der Waals surface area contributed by atoms with Crippen LogP contribution < -0.4 is 15.4 Å². The number of nitriles is 1. The molecule has 2 N–H and O–H groups in total. The number of carbonyl (C=O) groups excluding carboxylic acids is 2. The van der Waals surface area contributed by atoms with Crippen molar-refractivity contribution in [3.05, 3.63) is 77.9 Å². The van der Waals surface area contributed by atoms with Crippen LogP contribution in [0.5, 0.6) is 11.5 Å². The fourth-order valence-corrected chi connectivity index (χ4v) is 3.99. The predicted octanol–water partition coefficient (Wildman–Crippen LogP) is 5.77. The Labute approximate surface area is 214 Å². The number of aromatic nitrogens is 2. The van der Waals surface area contributed by atoms with E-state index in [2.05, 4.69) is 21.7 Å². The van der Waals surface area contributed by atoms with Crippen LogP contribution >= 0.6 is 0 Å². The first-order valence-electron chi connectivity index (χ1n) is 12.1. The maximum atomic E-state index is 12.9. The van der Waals surface area contributed by atoms with E-state index in [-0.39, 0.29) is 17.7 Å². The van der Waals surface area contributed by atoms with Crippen molar-refractivity contribution < 1.29 is 14.3 Å². The highest BCUT2D eigenvalue weighted by Gasteiger charge is 2.30. The number of nitrogens with zero attached hydrogens (tertiary/aromatic N) is 3. The topological polar surface area (TPSA) is 109 Å². The number of hydrogen-bond acceptors (Lipinski definition) is 5. The van der Waals surface area contributed by atoms with Crippen LogP contribution in [-0.4, -0.2) is 21.4 Å². The molecule has 8 nitrogen and oxygen atoms in total. The molecule has 0 aliphatic heterocycles. The van der Waals surface area contributed by atoms with Gasteiger partial charge in [-0.15, -0.1) is 0 Å². The Balaban J connectivity index is 1.31. The molecule has 0 atom stereocenters. The van der Waals surface area contributed by atoms with Gasteiger partial charge >= 0.3 is 0 Å². The van der Waals surface area contributed by atoms with E-state index in [1.165, 1.54) is 0 Å². The lowest BCUT2D eigenvalue weighted by atomic mass is 9.85. The number of anilines is 2. The minimum Gasteiger partial charge on any atom is -0.457 e. The minimum absolute atomic E-state index is 0.00856. The zero-order valence-electron chi connectivity index (χ0n) is 20.9. The zero-order chi connectivity index (χ0) is 26.2. The first-order valence-corrected chi connectivity index (χ1v) is 12.1. The number of benzene rings is 3. The van der Waals surface area contributed by atoms with Crippen molar-refractivity contribution in [3.63, 3.8) is 0 Å². The second kappa shape index (κ2) is 9.43. The maximum absolute atomic E-state index is 12.9. The molecular weight excluding hydrogens is 466 g/mol. The lowest BCUT2D eigenvalue weighted by Crippen LogP contribution is -2.17. The van der Waals surface area contributed by atoms with Gasteiger partial charge in [-0.3, -0.25) is 14.9 Å². The van der Waals surface area contributed by atoms with Gasteiger partial charge in [0.1, 0.15) is 11.5 Å². The molecule has 0 saturated heterocycles. The fourth-order valence-electron chi connectivity index (χ4n) is 3.99. The van der Waals surface area contributed by atoms with Crippen molar-refractivity contribution in [1.82, 2.24) is 9.55 Å². The Bertz CT molecular complexity index is 1560. The van der Waals surface area contributed by atoms with Gasteiger partial charge < -0.3 is 14.6 Å². The van der Waals surface area contributed by atoms with E-state index in [0.717, 1.165) is 29.4 Å². The van der Waals surface area contributed by atoms with Crippen LogP contribution in [-0.2, 0) is 17.3 Å². The monoisotopic (exact) mass is 493 g/mol. The summed E-state index contributed by atoms with van der Waals surface area (Å²) in [4.78, 5) is 29.6. The van der Waals surface area contributed by atoms with Crippen LogP contribution in [0.25, 0.3) is 11.0 Å². The summed E-state index contributed by atoms with van der Waals surface area (Å²) in [5.41, 5.74) is 2.72. The number of fused-ring (bicyclic) bond motifs is 1. The third-order valence-electron chi connectivity index (χ3n) is 6.49. The summed E-state index contributed by atoms with van der Waals surface area (Å²) < 4.78 is 7.90. The minimum atomic E-state index is -0.692. The van der Waals surface area contributed by atoms with E-state index in [0.29, 0.717) is 28.7 Å². The number of rotatable bonds is 7. The van der Waals surface area contributed by atoms with Crippen molar-refractivity contribution in [1.29, 1.82) is 5.26 Å². The maximum Gasteiger partial charge on any atom is 0.255 e. The number of amides is 2. The summed E-state index contributed by atoms with van der Waals surface area (Å²) in [6, 6.07) is 22.0. The lowest BCUT2D eigenvalue weighted by molar-refractivity contribution is -0.117. The zero-order valence-corrected chi connectivity index (χ0v) is 20.9. The molecule has 37 heavy (non-hydrogen) atoms. The molecule has 1 aliphatic rings. The van der Waals surface area contributed by atoms with E-state index in [1.54, 1.807) is 42.5 Å². The highest BCUT2D eigenvalue weighted by Crippen LogP contribution is 2.32. The first-order chi connectivity index (χ1) is 17.7. The predicted molar refractivity (Wildman–Crippen MR) is 142 cm³/mol. The molecule has 4 aromatic rings. The molecule has 5 rings (SSSR count). The molecule has 1 heterocycles. The molecule has 186 valence electrons. The number of hydrogen-bond donors (Lipinski definition) is 2. The SMILES string of the molecule is Cn1c(NC(=O)C2CC2)nc2ccc(Oc3cccc(NC(=O)c4cccc(C(C)(C)C#N)c4)c3)cc21. The van der Waals surface area contributed by atoms with Gasteiger partial charge in [0.2, 0.25) is 11.9 Å². The van der Waals surface area contributed by atoms with E-state index in [4.69, 9.17) is 4.74 Å². The molecule has 1 fully saturated rings. The van der Waals surface area contributed by atoms with Gasteiger partial charge in [0, 0.05) is 36.3 Å². The van der Waals surface area contributed by atoms with Gasteiger partial charge in [-0.2, -0.15) is 5.26 Å². The summed E-state index contributed by atoms with van der Waals surface area (Å²) in [7, 11) is 1.85. The molecule has 0 unspecified atom stereocenters.